The average molecular weight is 303 g/mol. The minimum absolute atomic E-state index is 0.192. The van der Waals surface area contributed by atoms with Crippen molar-refractivity contribution in [2.24, 2.45) is 11.7 Å². The Morgan fingerprint density at radius 2 is 2.29 bits per heavy atom. The lowest BCUT2D eigenvalue weighted by molar-refractivity contribution is -0.116. The molecule has 0 spiro atoms. The van der Waals surface area contributed by atoms with Gasteiger partial charge in [-0.1, -0.05) is 22.9 Å². The highest BCUT2D eigenvalue weighted by Crippen LogP contribution is 2.20. The van der Waals surface area contributed by atoms with Crippen LogP contribution in [0.5, 0.6) is 0 Å². The summed E-state index contributed by atoms with van der Waals surface area (Å²) < 4.78 is 14.1. The lowest BCUT2D eigenvalue weighted by Crippen LogP contribution is -2.16. The molecule has 1 aromatic carbocycles. The first kappa shape index (κ1) is 14.1. The van der Waals surface area contributed by atoms with Crippen molar-refractivity contribution in [3.63, 3.8) is 0 Å². The third-order valence-electron chi connectivity index (χ3n) is 2.47. The summed E-state index contributed by atoms with van der Waals surface area (Å²) in [7, 11) is 0. The van der Waals surface area contributed by atoms with Gasteiger partial charge in [0.15, 0.2) is 0 Å². The Morgan fingerprint density at radius 1 is 1.59 bits per heavy atom. The summed E-state index contributed by atoms with van der Waals surface area (Å²) in [6.45, 7) is 2.53. The van der Waals surface area contributed by atoms with Gasteiger partial charge in [0.05, 0.1) is 5.69 Å². The van der Waals surface area contributed by atoms with Gasteiger partial charge in [-0.3, -0.25) is 4.79 Å². The van der Waals surface area contributed by atoms with E-state index in [1.165, 1.54) is 6.07 Å². The first-order valence-electron chi connectivity index (χ1n) is 5.48. The molecule has 94 valence electrons. The van der Waals surface area contributed by atoms with E-state index in [2.05, 4.69) is 21.2 Å². The highest BCUT2D eigenvalue weighted by atomic mass is 79.9. The van der Waals surface area contributed by atoms with Gasteiger partial charge in [0, 0.05) is 10.9 Å². The number of hydrogen-bond donors (Lipinski definition) is 2. The smallest absolute Gasteiger partial charge is 0.224 e. The van der Waals surface area contributed by atoms with Crippen molar-refractivity contribution in [2.45, 2.75) is 19.8 Å². The van der Waals surface area contributed by atoms with Crippen molar-refractivity contribution < 1.29 is 9.18 Å². The second-order valence-corrected chi connectivity index (χ2v) is 4.97. The molecular weight excluding hydrogens is 287 g/mol. The number of benzene rings is 1. The van der Waals surface area contributed by atoms with E-state index in [4.69, 9.17) is 5.73 Å². The van der Waals surface area contributed by atoms with Gasteiger partial charge in [0.1, 0.15) is 5.82 Å². The average Bonchev–Trinajstić information content (AvgIpc) is 2.30. The number of carbonyl (C=O) groups excluding carboxylic acids is 1. The van der Waals surface area contributed by atoms with E-state index >= 15 is 0 Å². The van der Waals surface area contributed by atoms with Gasteiger partial charge in [0.2, 0.25) is 5.91 Å². The highest BCUT2D eigenvalue weighted by molar-refractivity contribution is 9.10. The number of hydrogen-bond acceptors (Lipinski definition) is 2. The summed E-state index contributed by atoms with van der Waals surface area (Å²) in [6.07, 6.45) is 1.06. The number of halogens is 2. The van der Waals surface area contributed by atoms with Crippen molar-refractivity contribution in [3.05, 3.63) is 28.5 Å². The van der Waals surface area contributed by atoms with Gasteiger partial charge in [-0.05, 0) is 37.1 Å². The molecule has 1 unspecified atom stereocenters. The molecule has 0 fully saturated rings. The monoisotopic (exact) mass is 302 g/mol. The summed E-state index contributed by atoms with van der Waals surface area (Å²) in [6, 6.07) is 4.43. The lowest BCUT2D eigenvalue weighted by Gasteiger charge is -2.09. The second-order valence-electron chi connectivity index (χ2n) is 4.05. The maximum absolute atomic E-state index is 13.3. The van der Waals surface area contributed by atoms with Crippen LogP contribution in [0.25, 0.3) is 0 Å². The topological polar surface area (TPSA) is 55.1 Å². The van der Waals surface area contributed by atoms with Crippen LogP contribution in [-0.4, -0.2) is 12.5 Å². The molecule has 0 bridgehead atoms. The van der Waals surface area contributed by atoms with Crippen molar-refractivity contribution in [3.8, 4) is 0 Å². The quantitative estimate of drug-likeness (QED) is 0.879. The minimum Gasteiger partial charge on any atom is -0.330 e. The number of anilines is 1. The zero-order valence-electron chi connectivity index (χ0n) is 9.67. The van der Waals surface area contributed by atoms with Gasteiger partial charge < -0.3 is 11.1 Å². The summed E-state index contributed by atoms with van der Waals surface area (Å²) in [5.41, 5.74) is 5.66. The van der Waals surface area contributed by atoms with E-state index in [1.54, 1.807) is 12.1 Å². The fourth-order valence-corrected chi connectivity index (χ4v) is 1.66. The molecule has 0 heterocycles. The molecule has 0 aliphatic heterocycles. The molecule has 0 aromatic heterocycles. The molecule has 0 saturated heterocycles. The van der Waals surface area contributed by atoms with Gasteiger partial charge in [-0.15, -0.1) is 0 Å². The molecule has 0 aliphatic rings. The van der Waals surface area contributed by atoms with E-state index in [1.807, 2.05) is 6.92 Å². The first-order chi connectivity index (χ1) is 8.02. The van der Waals surface area contributed by atoms with Crippen LogP contribution in [0.1, 0.15) is 19.8 Å². The van der Waals surface area contributed by atoms with Crippen LogP contribution in [0, 0.1) is 11.7 Å². The molecule has 0 saturated carbocycles. The molecule has 3 nitrogen and oxygen atoms in total. The van der Waals surface area contributed by atoms with E-state index < -0.39 is 5.82 Å². The van der Waals surface area contributed by atoms with E-state index in [0.717, 1.165) is 4.47 Å². The molecule has 17 heavy (non-hydrogen) atoms. The van der Waals surface area contributed by atoms with Gasteiger partial charge >= 0.3 is 0 Å². The predicted octanol–water partition coefficient (Wildman–Crippen LogP) is 2.90. The number of carbonyl (C=O) groups is 1. The third-order valence-corrected chi connectivity index (χ3v) is 2.96. The van der Waals surface area contributed by atoms with E-state index in [0.29, 0.717) is 25.3 Å². The maximum Gasteiger partial charge on any atom is 0.224 e. The minimum atomic E-state index is -0.437. The van der Waals surface area contributed by atoms with Gasteiger partial charge in [0.25, 0.3) is 0 Å². The van der Waals surface area contributed by atoms with Crippen molar-refractivity contribution >= 4 is 27.5 Å². The third kappa shape index (κ3) is 4.83. The summed E-state index contributed by atoms with van der Waals surface area (Å²) >= 11 is 3.23. The van der Waals surface area contributed by atoms with Gasteiger partial charge in [-0.2, -0.15) is 0 Å². The van der Waals surface area contributed by atoms with Crippen LogP contribution in [0.15, 0.2) is 22.7 Å². The zero-order valence-corrected chi connectivity index (χ0v) is 11.3. The molecular formula is C12H16BrFN2O. The van der Waals surface area contributed by atoms with Crippen LogP contribution in [0.2, 0.25) is 0 Å². The summed E-state index contributed by atoms with van der Waals surface area (Å²) in [5.74, 6) is -0.330. The normalized spacial score (nSPS) is 12.2. The molecule has 1 amide bonds. The van der Waals surface area contributed by atoms with Crippen molar-refractivity contribution in [2.75, 3.05) is 11.9 Å². The Hall–Kier alpha value is -0.940. The molecule has 1 atom stereocenters. The second kappa shape index (κ2) is 6.71. The Labute approximate surface area is 109 Å². The molecule has 3 N–H and O–H groups in total. The highest BCUT2D eigenvalue weighted by Gasteiger charge is 2.09. The number of rotatable bonds is 5. The molecule has 5 heteroatoms. The molecule has 0 aliphatic carbocycles. The Bertz CT molecular complexity index is 398. The fourth-order valence-electron chi connectivity index (χ4n) is 1.30. The number of nitrogens with two attached hydrogens (primary N) is 1. The van der Waals surface area contributed by atoms with Crippen molar-refractivity contribution in [1.29, 1.82) is 0 Å². The predicted molar refractivity (Wildman–Crippen MR) is 70.2 cm³/mol. The maximum atomic E-state index is 13.3. The SMILES string of the molecule is CC(CN)CCC(=O)Nc1cc(Br)ccc1F. The van der Waals surface area contributed by atoms with Crippen LogP contribution in [-0.2, 0) is 4.79 Å². The summed E-state index contributed by atoms with van der Waals surface area (Å²) in [5, 5.41) is 2.55. The first-order valence-corrected chi connectivity index (χ1v) is 6.27. The molecule has 1 rings (SSSR count). The van der Waals surface area contributed by atoms with Gasteiger partial charge in [-0.25, -0.2) is 4.39 Å². The Balaban J connectivity index is 2.53. The Morgan fingerprint density at radius 3 is 2.94 bits per heavy atom. The Kier molecular flexibility index (Phi) is 5.58. The van der Waals surface area contributed by atoms with Crippen LogP contribution in [0.4, 0.5) is 10.1 Å². The largest absolute Gasteiger partial charge is 0.330 e. The van der Waals surface area contributed by atoms with Crippen molar-refractivity contribution in [1.82, 2.24) is 0 Å². The van der Waals surface area contributed by atoms with E-state index in [9.17, 15) is 9.18 Å². The number of nitrogens with one attached hydrogen (secondary N) is 1. The van der Waals surface area contributed by atoms with Crippen LogP contribution < -0.4 is 11.1 Å². The zero-order chi connectivity index (χ0) is 12.8. The molecule has 1 aromatic rings. The number of amides is 1. The van der Waals surface area contributed by atoms with E-state index in [-0.39, 0.29) is 11.6 Å². The summed E-state index contributed by atoms with van der Waals surface area (Å²) in [4.78, 5) is 11.6. The van der Waals surface area contributed by atoms with Crippen LogP contribution in [0.3, 0.4) is 0 Å². The molecule has 0 radical (unpaired) electrons. The standard InChI is InChI=1S/C12H16BrFN2O/c1-8(7-15)2-5-12(17)16-11-6-9(13)3-4-10(11)14/h3-4,6,8H,2,5,7,15H2,1H3,(H,16,17). The lowest BCUT2D eigenvalue weighted by atomic mass is 10.1. The fraction of sp³-hybridized carbons (Fsp3) is 0.417. The van der Waals surface area contributed by atoms with Crippen LogP contribution >= 0.6 is 15.9 Å².